The highest BCUT2D eigenvalue weighted by atomic mass is 15.2. The summed E-state index contributed by atoms with van der Waals surface area (Å²) < 4.78 is 0. The Labute approximate surface area is 117 Å². The standard InChI is InChI=1S/C17H24N2/c1-3-4-5-9-12-19-14-17(18-13-15(19)2)16-10-7-6-8-11-16/h1,6-8,10-11,15,17-18H,4-5,9,12-14H2,2H3. The molecule has 2 rings (SSSR count). The highest BCUT2D eigenvalue weighted by Gasteiger charge is 2.25. The van der Waals surface area contributed by atoms with Crippen molar-refractivity contribution < 1.29 is 0 Å². The molecule has 2 atom stereocenters. The predicted molar refractivity (Wildman–Crippen MR) is 80.9 cm³/mol. The minimum Gasteiger partial charge on any atom is -0.307 e. The van der Waals surface area contributed by atoms with Gasteiger partial charge < -0.3 is 5.32 Å². The van der Waals surface area contributed by atoms with Gasteiger partial charge in [-0.1, -0.05) is 30.3 Å². The van der Waals surface area contributed by atoms with Crippen molar-refractivity contribution in [3.05, 3.63) is 35.9 Å². The molecule has 102 valence electrons. The topological polar surface area (TPSA) is 15.3 Å². The molecule has 1 aromatic rings. The van der Waals surface area contributed by atoms with Gasteiger partial charge in [0.2, 0.25) is 0 Å². The van der Waals surface area contributed by atoms with Gasteiger partial charge >= 0.3 is 0 Å². The van der Waals surface area contributed by atoms with E-state index < -0.39 is 0 Å². The fraction of sp³-hybridized carbons (Fsp3) is 0.529. The van der Waals surface area contributed by atoms with Crippen molar-refractivity contribution in [3.8, 4) is 12.3 Å². The molecule has 19 heavy (non-hydrogen) atoms. The van der Waals surface area contributed by atoms with Gasteiger partial charge in [0, 0.05) is 31.6 Å². The van der Waals surface area contributed by atoms with Crippen LogP contribution in [0.3, 0.4) is 0 Å². The van der Waals surface area contributed by atoms with Crippen molar-refractivity contribution in [2.45, 2.75) is 38.3 Å². The largest absolute Gasteiger partial charge is 0.307 e. The summed E-state index contributed by atoms with van der Waals surface area (Å²) in [5.74, 6) is 2.72. The van der Waals surface area contributed by atoms with E-state index in [-0.39, 0.29) is 0 Å². The molecule has 0 spiro atoms. The normalized spacial score (nSPS) is 24.0. The van der Waals surface area contributed by atoms with Crippen LogP contribution >= 0.6 is 0 Å². The van der Waals surface area contributed by atoms with E-state index >= 15 is 0 Å². The van der Waals surface area contributed by atoms with Crippen LogP contribution in [0, 0.1) is 12.3 Å². The smallest absolute Gasteiger partial charge is 0.0449 e. The number of terminal acetylenes is 1. The molecule has 2 nitrogen and oxygen atoms in total. The highest BCUT2D eigenvalue weighted by Crippen LogP contribution is 2.20. The lowest BCUT2D eigenvalue weighted by atomic mass is 10.0. The quantitative estimate of drug-likeness (QED) is 0.644. The lowest BCUT2D eigenvalue weighted by molar-refractivity contribution is 0.139. The summed E-state index contributed by atoms with van der Waals surface area (Å²) in [5, 5.41) is 3.64. The fourth-order valence-corrected chi connectivity index (χ4v) is 2.68. The number of unbranched alkanes of at least 4 members (excludes halogenated alkanes) is 2. The molecule has 2 heteroatoms. The van der Waals surface area contributed by atoms with Crippen LogP contribution in [-0.2, 0) is 0 Å². The number of nitrogens with one attached hydrogen (secondary N) is 1. The number of nitrogens with zero attached hydrogens (tertiary/aromatic N) is 1. The zero-order chi connectivity index (χ0) is 13.5. The van der Waals surface area contributed by atoms with E-state index in [0.29, 0.717) is 12.1 Å². The molecule has 0 amide bonds. The van der Waals surface area contributed by atoms with Crippen LogP contribution in [0.2, 0.25) is 0 Å². The molecule has 1 aliphatic heterocycles. The molecule has 1 fully saturated rings. The Hall–Kier alpha value is -1.30. The molecule has 2 unspecified atom stereocenters. The molecule has 0 saturated carbocycles. The second-order valence-electron chi connectivity index (χ2n) is 5.38. The molecule has 0 bridgehead atoms. The minimum absolute atomic E-state index is 0.463. The molecular formula is C17H24N2. The Bertz CT molecular complexity index is 407. The van der Waals surface area contributed by atoms with E-state index in [9.17, 15) is 0 Å². The lowest BCUT2D eigenvalue weighted by Crippen LogP contribution is -2.51. The average Bonchev–Trinajstić information content (AvgIpc) is 2.46. The Morgan fingerprint density at radius 3 is 2.84 bits per heavy atom. The second-order valence-corrected chi connectivity index (χ2v) is 5.38. The van der Waals surface area contributed by atoms with Crippen LogP contribution in [0.1, 0.15) is 37.8 Å². The van der Waals surface area contributed by atoms with Crippen molar-refractivity contribution in [1.82, 2.24) is 10.2 Å². The van der Waals surface area contributed by atoms with Gasteiger partial charge in [-0.05, 0) is 31.9 Å². The summed E-state index contributed by atoms with van der Waals surface area (Å²) in [5.41, 5.74) is 1.39. The van der Waals surface area contributed by atoms with Gasteiger partial charge in [-0.3, -0.25) is 4.90 Å². The summed E-state index contributed by atoms with van der Waals surface area (Å²) >= 11 is 0. The molecule has 1 heterocycles. The van der Waals surface area contributed by atoms with E-state index in [1.165, 1.54) is 12.0 Å². The van der Waals surface area contributed by atoms with Gasteiger partial charge in [0.25, 0.3) is 0 Å². The minimum atomic E-state index is 0.463. The zero-order valence-corrected chi connectivity index (χ0v) is 11.8. The molecule has 0 radical (unpaired) electrons. The maximum Gasteiger partial charge on any atom is 0.0449 e. The third-order valence-corrected chi connectivity index (χ3v) is 3.92. The fourth-order valence-electron chi connectivity index (χ4n) is 2.68. The van der Waals surface area contributed by atoms with Crippen molar-refractivity contribution in [3.63, 3.8) is 0 Å². The van der Waals surface area contributed by atoms with Crippen molar-refractivity contribution in [1.29, 1.82) is 0 Å². The third-order valence-electron chi connectivity index (χ3n) is 3.92. The maximum atomic E-state index is 5.30. The van der Waals surface area contributed by atoms with Gasteiger partial charge in [0.1, 0.15) is 0 Å². The average molecular weight is 256 g/mol. The van der Waals surface area contributed by atoms with Gasteiger partial charge in [-0.25, -0.2) is 0 Å². The van der Waals surface area contributed by atoms with E-state index in [4.69, 9.17) is 6.42 Å². The highest BCUT2D eigenvalue weighted by molar-refractivity contribution is 5.20. The maximum absolute atomic E-state index is 5.30. The van der Waals surface area contributed by atoms with Gasteiger partial charge in [-0.2, -0.15) is 0 Å². The molecule has 1 N–H and O–H groups in total. The van der Waals surface area contributed by atoms with Crippen molar-refractivity contribution in [2.24, 2.45) is 0 Å². The first-order valence-corrected chi connectivity index (χ1v) is 7.27. The molecule has 0 aromatic heterocycles. The number of piperazine rings is 1. The van der Waals surface area contributed by atoms with E-state index in [2.05, 4.69) is 53.4 Å². The Balaban J connectivity index is 1.87. The summed E-state index contributed by atoms with van der Waals surface area (Å²) in [6.45, 7) is 5.62. The Kier molecular flexibility index (Phi) is 5.44. The monoisotopic (exact) mass is 256 g/mol. The van der Waals surface area contributed by atoms with E-state index in [1.807, 2.05) is 0 Å². The van der Waals surface area contributed by atoms with Gasteiger partial charge in [0.05, 0.1) is 0 Å². The first kappa shape index (κ1) is 14.1. The van der Waals surface area contributed by atoms with Crippen LogP contribution in [0.15, 0.2) is 30.3 Å². The molecule has 1 saturated heterocycles. The SMILES string of the molecule is C#CCCCCN1CC(c2ccccc2)NCC1C. The van der Waals surface area contributed by atoms with Crippen LogP contribution < -0.4 is 5.32 Å². The van der Waals surface area contributed by atoms with Crippen molar-refractivity contribution >= 4 is 0 Å². The second kappa shape index (κ2) is 7.33. The molecular weight excluding hydrogens is 232 g/mol. The Morgan fingerprint density at radius 2 is 2.11 bits per heavy atom. The number of hydrogen-bond donors (Lipinski definition) is 1. The van der Waals surface area contributed by atoms with Crippen LogP contribution in [-0.4, -0.2) is 30.6 Å². The number of hydrogen-bond acceptors (Lipinski definition) is 2. The third kappa shape index (κ3) is 4.09. The van der Waals surface area contributed by atoms with Crippen LogP contribution in [0.25, 0.3) is 0 Å². The predicted octanol–water partition coefficient (Wildman–Crippen LogP) is 2.82. The number of benzene rings is 1. The first-order chi connectivity index (χ1) is 9.31. The lowest BCUT2D eigenvalue weighted by Gasteiger charge is -2.39. The molecule has 0 aliphatic carbocycles. The summed E-state index contributed by atoms with van der Waals surface area (Å²) in [4.78, 5) is 2.59. The summed E-state index contributed by atoms with van der Waals surface area (Å²) in [6, 6.07) is 11.8. The Morgan fingerprint density at radius 1 is 1.32 bits per heavy atom. The van der Waals surface area contributed by atoms with Crippen molar-refractivity contribution in [2.75, 3.05) is 19.6 Å². The van der Waals surface area contributed by atoms with E-state index in [0.717, 1.165) is 32.5 Å². The molecule has 1 aromatic carbocycles. The molecule has 1 aliphatic rings. The van der Waals surface area contributed by atoms with Gasteiger partial charge in [0.15, 0.2) is 0 Å². The van der Waals surface area contributed by atoms with Crippen LogP contribution in [0.5, 0.6) is 0 Å². The van der Waals surface area contributed by atoms with Gasteiger partial charge in [-0.15, -0.1) is 12.3 Å². The zero-order valence-electron chi connectivity index (χ0n) is 11.8. The summed E-state index contributed by atoms with van der Waals surface area (Å²) in [7, 11) is 0. The van der Waals surface area contributed by atoms with Crippen LogP contribution in [0.4, 0.5) is 0 Å². The number of rotatable bonds is 5. The first-order valence-electron chi connectivity index (χ1n) is 7.27. The van der Waals surface area contributed by atoms with E-state index in [1.54, 1.807) is 0 Å². The summed E-state index contributed by atoms with van der Waals surface area (Å²) in [6.07, 6.45) is 8.55.